The van der Waals surface area contributed by atoms with Crippen LogP contribution in [0.3, 0.4) is 0 Å². The molecule has 94 valence electrons. The van der Waals surface area contributed by atoms with Crippen LogP contribution in [0.25, 0.3) is 0 Å². The highest BCUT2D eigenvalue weighted by molar-refractivity contribution is 5.58. The van der Waals surface area contributed by atoms with Gasteiger partial charge in [0.15, 0.2) is 0 Å². The summed E-state index contributed by atoms with van der Waals surface area (Å²) in [6.45, 7) is 3.45. The van der Waals surface area contributed by atoms with Gasteiger partial charge in [-0.05, 0) is 12.3 Å². The third-order valence-electron chi connectivity index (χ3n) is 2.10. The summed E-state index contributed by atoms with van der Waals surface area (Å²) in [5.74, 6) is -0.0225. The second-order valence-electron chi connectivity index (χ2n) is 3.97. The summed E-state index contributed by atoms with van der Waals surface area (Å²) >= 11 is 0. The largest absolute Gasteiger partial charge is 0.475 e. The Morgan fingerprint density at radius 1 is 1.31 bits per heavy atom. The monoisotopic (exact) mass is 245 g/mol. The van der Waals surface area contributed by atoms with Gasteiger partial charge < -0.3 is 0 Å². The Balaban J connectivity index is 2.82. The van der Waals surface area contributed by atoms with Gasteiger partial charge in [-0.25, -0.2) is 0 Å². The minimum Gasteiger partial charge on any atom is -0.286 e. The van der Waals surface area contributed by atoms with Crippen molar-refractivity contribution < 1.29 is 22.0 Å². The topological polar surface area (TPSA) is 27.6 Å². The minimum atomic E-state index is -5.61. The number of hydrogen-bond acceptors (Lipinski definition) is 3. The molecule has 0 aliphatic carbocycles. The molecule has 0 bridgehead atoms. The van der Waals surface area contributed by atoms with E-state index >= 15 is 0 Å². The Hall–Kier alpha value is -1.08. The smallest absolute Gasteiger partial charge is 0.286 e. The van der Waals surface area contributed by atoms with Gasteiger partial charge in [0.1, 0.15) is 12.5 Å². The van der Waals surface area contributed by atoms with Gasteiger partial charge in [0.2, 0.25) is 0 Å². The number of hydrazone groups is 1. The number of halogens is 5. The SMILES string of the molecule is CC(C)CC1NN=CN1C(F)(F)C(F)(F)F. The van der Waals surface area contributed by atoms with Gasteiger partial charge in [0, 0.05) is 0 Å². The van der Waals surface area contributed by atoms with Gasteiger partial charge in [-0.15, -0.1) is 0 Å². The fourth-order valence-electron chi connectivity index (χ4n) is 1.35. The van der Waals surface area contributed by atoms with Crippen molar-refractivity contribution >= 4 is 6.34 Å². The van der Waals surface area contributed by atoms with E-state index in [-0.39, 0.29) is 17.2 Å². The van der Waals surface area contributed by atoms with E-state index in [0.29, 0.717) is 6.34 Å². The van der Waals surface area contributed by atoms with Crippen LogP contribution in [0, 0.1) is 5.92 Å². The Kier molecular flexibility index (Phi) is 3.30. The highest BCUT2D eigenvalue weighted by Gasteiger charge is 2.63. The number of nitrogens with one attached hydrogen (secondary N) is 1. The van der Waals surface area contributed by atoms with E-state index in [1.807, 2.05) is 0 Å². The molecule has 1 atom stereocenters. The van der Waals surface area contributed by atoms with Crippen molar-refractivity contribution in [1.82, 2.24) is 10.3 Å². The number of alkyl halides is 5. The summed E-state index contributed by atoms with van der Waals surface area (Å²) in [5, 5.41) is 3.25. The lowest BCUT2D eigenvalue weighted by atomic mass is 10.1. The van der Waals surface area contributed by atoms with Crippen LogP contribution >= 0.6 is 0 Å². The van der Waals surface area contributed by atoms with Crippen LogP contribution in [0.15, 0.2) is 5.10 Å². The Morgan fingerprint density at radius 2 is 1.88 bits per heavy atom. The molecule has 0 aromatic rings. The van der Waals surface area contributed by atoms with E-state index in [2.05, 4.69) is 10.5 Å². The Bertz CT molecular complexity index is 273. The molecular weight excluding hydrogens is 233 g/mol. The summed E-state index contributed by atoms with van der Waals surface area (Å²) in [5.41, 5.74) is 2.23. The molecule has 0 radical (unpaired) electrons. The van der Waals surface area contributed by atoms with E-state index in [4.69, 9.17) is 0 Å². The maximum atomic E-state index is 13.0. The normalized spacial score (nSPS) is 21.8. The molecule has 1 heterocycles. The van der Waals surface area contributed by atoms with Crippen LogP contribution in [0.2, 0.25) is 0 Å². The molecule has 0 aromatic carbocycles. The molecular formula is C8H12F5N3. The van der Waals surface area contributed by atoms with Crippen LogP contribution in [0.4, 0.5) is 22.0 Å². The molecule has 0 spiro atoms. The Morgan fingerprint density at radius 3 is 2.31 bits per heavy atom. The number of nitrogens with zero attached hydrogens (tertiary/aromatic N) is 2. The highest BCUT2D eigenvalue weighted by atomic mass is 19.4. The lowest BCUT2D eigenvalue weighted by Crippen LogP contribution is -2.56. The van der Waals surface area contributed by atoms with Crippen LogP contribution in [-0.2, 0) is 0 Å². The third kappa shape index (κ3) is 2.35. The van der Waals surface area contributed by atoms with Gasteiger partial charge >= 0.3 is 12.2 Å². The molecule has 16 heavy (non-hydrogen) atoms. The third-order valence-corrected chi connectivity index (χ3v) is 2.10. The molecule has 8 heteroatoms. The molecule has 1 aliphatic heterocycles. The van der Waals surface area contributed by atoms with Gasteiger partial charge in [0.25, 0.3) is 0 Å². The van der Waals surface area contributed by atoms with Crippen molar-refractivity contribution in [2.45, 2.75) is 38.7 Å². The first-order chi connectivity index (χ1) is 7.16. The molecule has 1 N–H and O–H groups in total. The van der Waals surface area contributed by atoms with Crippen molar-refractivity contribution in [1.29, 1.82) is 0 Å². The highest BCUT2D eigenvalue weighted by Crippen LogP contribution is 2.39. The first-order valence-electron chi connectivity index (χ1n) is 4.68. The lowest BCUT2D eigenvalue weighted by molar-refractivity contribution is -0.330. The standard InChI is InChI=1S/C8H12F5N3/c1-5(2)3-6-15-14-4-16(6)8(12,13)7(9,10)11/h4-6,15H,3H2,1-2H3. The van der Waals surface area contributed by atoms with Crippen molar-refractivity contribution in [3.05, 3.63) is 0 Å². The summed E-state index contributed by atoms with van der Waals surface area (Å²) < 4.78 is 62.4. The van der Waals surface area contributed by atoms with E-state index in [9.17, 15) is 22.0 Å². The van der Waals surface area contributed by atoms with Crippen LogP contribution in [-0.4, -0.2) is 29.6 Å². The summed E-state index contributed by atoms with van der Waals surface area (Å²) in [6.07, 6.45) is -6.11. The average Bonchev–Trinajstić information content (AvgIpc) is 2.49. The average molecular weight is 245 g/mol. The maximum Gasteiger partial charge on any atom is 0.475 e. The quantitative estimate of drug-likeness (QED) is 0.610. The second kappa shape index (κ2) is 4.06. The maximum absolute atomic E-state index is 13.0. The molecule has 0 amide bonds. The van der Waals surface area contributed by atoms with Crippen molar-refractivity contribution in [2.75, 3.05) is 0 Å². The van der Waals surface area contributed by atoms with Crippen LogP contribution in [0.5, 0.6) is 0 Å². The summed E-state index contributed by atoms with van der Waals surface area (Å²) in [6, 6.07) is -4.90. The van der Waals surface area contributed by atoms with Crippen molar-refractivity contribution in [2.24, 2.45) is 11.0 Å². The van der Waals surface area contributed by atoms with Crippen molar-refractivity contribution in [3.8, 4) is 0 Å². The van der Waals surface area contributed by atoms with Gasteiger partial charge in [-0.2, -0.15) is 27.1 Å². The predicted molar refractivity (Wildman–Crippen MR) is 47.7 cm³/mol. The van der Waals surface area contributed by atoms with Gasteiger partial charge in [0.05, 0.1) is 0 Å². The van der Waals surface area contributed by atoms with E-state index in [1.165, 1.54) is 0 Å². The molecule has 0 fully saturated rings. The molecule has 1 unspecified atom stereocenters. The lowest BCUT2D eigenvalue weighted by Gasteiger charge is -2.33. The molecule has 1 aliphatic rings. The first kappa shape index (κ1) is 13.0. The number of rotatable bonds is 3. The molecule has 0 aromatic heterocycles. The summed E-state index contributed by atoms with van der Waals surface area (Å²) in [4.78, 5) is -0.0903. The number of hydrogen-bond donors (Lipinski definition) is 1. The Labute approximate surface area is 89.3 Å². The van der Waals surface area contributed by atoms with E-state index in [0.717, 1.165) is 0 Å². The second-order valence-corrected chi connectivity index (χ2v) is 3.97. The summed E-state index contributed by atoms with van der Waals surface area (Å²) in [7, 11) is 0. The van der Waals surface area contributed by atoms with Gasteiger partial charge in [-0.1, -0.05) is 13.8 Å². The molecule has 1 rings (SSSR count). The van der Waals surface area contributed by atoms with E-state index < -0.39 is 18.4 Å². The zero-order valence-corrected chi connectivity index (χ0v) is 8.72. The molecule has 0 saturated heterocycles. The molecule has 3 nitrogen and oxygen atoms in total. The zero-order chi connectivity index (χ0) is 12.6. The predicted octanol–water partition coefficient (Wildman–Crippen LogP) is 2.36. The first-order valence-corrected chi connectivity index (χ1v) is 4.68. The minimum absolute atomic E-state index is 0.0225. The van der Waals surface area contributed by atoms with E-state index in [1.54, 1.807) is 13.8 Å². The zero-order valence-electron chi connectivity index (χ0n) is 8.72. The van der Waals surface area contributed by atoms with Crippen LogP contribution in [0.1, 0.15) is 20.3 Å². The fraction of sp³-hybridized carbons (Fsp3) is 0.875. The van der Waals surface area contributed by atoms with Crippen molar-refractivity contribution in [3.63, 3.8) is 0 Å². The fourth-order valence-corrected chi connectivity index (χ4v) is 1.35. The van der Waals surface area contributed by atoms with Gasteiger partial charge in [-0.3, -0.25) is 10.3 Å². The molecule has 0 saturated carbocycles. The van der Waals surface area contributed by atoms with Crippen LogP contribution < -0.4 is 5.43 Å².